The first-order valence-corrected chi connectivity index (χ1v) is 8.31. The predicted molar refractivity (Wildman–Crippen MR) is 92.9 cm³/mol. The minimum Gasteiger partial charge on any atom is -0.489 e. The van der Waals surface area contributed by atoms with Crippen molar-refractivity contribution in [2.45, 2.75) is 31.9 Å². The van der Waals surface area contributed by atoms with Gasteiger partial charge in [0.15, 0.2) is 0 Å². The van der Waals surface area contributed by atoms with E-state index in [1.165, 1.54) is 0 Å². The number of nitrogens with one attached hydrogen (secondary N) is 1. The molecule has 1 unspecified atom stereocenters. The molecular formula is C20H23NO3. The summed E-state index contributed by atoms with van der Waals surface area (Å²) in [6, 6.07) is 17.0. The van der Waals surface area contributed by atoms with E-state index in [-0.39, 0.29) is 12.5 Å². The average Bonchev–Trinajstić information content (AvgIpc) is 3.46. The summed E-state index contributed by atoms with van der Waals surface area (Å²) in [7, 11) is 0. The number of aliphatic hydroxyl groups is 1. The van der Waals surface area contributed by atoms with Gasteiger partial charge in [0, 0.05) is 5.56 Å². The third-order valence-corrected chi connectivity index (χ3v) is 4.55. The van der Waals surface area contributed by atoms with Gasteiger partial charge in [-0.1, -0.05) is 36.4 Å². The summed E-state index contributed by atoms with van der Waals surface area (Å²) < 4.78 is 5.77. The van der Waals surface area contributed by atoms with Crippen molar-refractivity contribution in [3.63, 3.8) is 0 Å². The zero-order valence-electron chi connectivity index (χ0n) is 13.9. The van der Waals surface area contributed by atoms with E-state index in [4.69, 9.17) is 4.74 Å². The molecule has 126 valence electrons. The van der Waals surface area contributed by atoms with Gasteiger partial charge < -0.3 is 15.2 Å². The molecule has 1 atom stereocenters. The van der Waals surface area contributed by atoms with Crippen LogP contribution in [-0.2, 0) is 6.61 Å². The first kappa shape index (κ1) is 16.5. The molecule has 0 bridgehead atoms. The van der Waals surface area contributed by atoms with Crippen LogP contribution in [-0.4, -0.2) is 23.2 Å². The second kappa shape index (κ2) is 7.05. The number of carbonyl (C=O) groups excluding carboxylic acids is 1. The first-order valence-electron chi connectivity index (χ1n) is 8.31. The third-order valence-electron chi connectivity index (χ3n) is 4.55. The molecule has 2 aromatic rings. The van der Waals surface area contributed by atoms with Gasteiger partial charge in [-0.05, 0) is 49.4 Å². The fourth-order valence-electron chi connectivity index (χ4n) is 2.79. The van der Waals surface area contributed by atoms with Crippen molar-refractivity contribution in [3.8, 4) is 5.75 Å². The Bertz CT molecular complexity index is 697. The number of hydrogen-bond donors (Lipinski definition) is 2. The van der Waals surface area contributed by atoms with Crippen LogP contribution in [0.25, 0.3) is 0 Å². The van der Waals surface area contributed by atoms with E-state index < -0.39 is 5.54 Å². The Balaban J connectivity index is 1.65. The fourth-order valence-corrected chi connectivity index (χ4v) is 2.79. The Labute approximate surface area is 142 Å². The van der Waals surface area contributed by atoms with Crippen LogP contribution in [0, 0.1) is 5.92 Å². The number of amides is 1. The van der Waals surface area contributed by atoms with Crippen LogP contribution in [0.3, 0.4) is 0 Å². The first-order chi connectivity index (χ1) is 11.6. The summed E-state index contributed by atoms with van der Waals surface area (Å²) in [5.74, 6) is 0.844. The molecule has 4 heteroatoms. The highest BCUT2D eigenvalue weighted by Crippen LogP contribution is 2.39. The number of ether oxygens (including phenoxy) is 1. The quantitative estimate of drug-likeness (QED) is 0.822. The normalized spacial score (nSPS) is 16.2. The number of benzene rings is 2. The minimum atomic E-state index is -0.544. The number of carbonyl (C=O) groups is 1. The zero-order valence-corrected chi connectivity index (χ0v) is 13.9. The lowest BCUT2D eigenvalue weighted by Crippen LogP contribution is -2.50. The lowest BCUT2D eigenvalue weighted by Gasteiger charge is -2.28. The summed E-state index contributed by atoms with van der Waals surface area (Å²) in [6.45, 7) is 2.31. The van der Waals surface area contributed by atoms with Crippen LogP contribution in [0.2, 0.25) is 0 Å². The molecule has 4 nitrogen and oxygen atoms in total. The van der Waals surface area contributed by atoms with Gasteiger partial charge in [-0.25, -0.2) is 0 Å². The molecule has 0 saturated heterocycles. The number of hydrogen-bond acceptors (Lipinski definition) is 3. The van der Waals surface area contributed by atoms with E-state index >= 15 is 0 Å². The van der Waals surface area contributed by atoms with Crippen molar-refractivity contribution in [1.29, 1.82) is 0 Å². The summed E-state index contributed by atoms with van der Waals surface area (Å²) >= 11 is 0. The molecule has 0 aromatic heterocycles. The fraction of sp³-hybridized carbons (Fsp3) is 0.350. The SMILES string of the molecule is CC(CO)(NC(=O)c1cccc(OCc2ccccc2)c1)C1CC1. The average molecular weight is 325 g/mol. The van der Waals surface area contributed by atoms with Crippen molar-refractivity contribution in [1.82, 2.24) is 5.32 Å². The van der Waals surface area contributed by atoms with E-state index in [2.05, 4.69) is 5.32 Å². The van der Waals surface area contributed by atoms with Crippen LogP contribution in [0.15, 0.2) is 54.6 Å². The molecule has 0 radical (unpaired) electrons. The molecule has 1 amide bonds. The van der Waals surface area contributed by atoms with E-state index in [0.29, 0.717) is 23.8 Å². The van der Waals surface area contributed by atoms with Gasteiger partial charge >= 0.3 is 0 Å². The maximum absolute atomic E-state index is 12.5. The predicted octanol–water partition coefficient (Wildman–Crippen LogP) is 3.16. The Morgan fingerprint density at radius 1 is 1.21 bits per heavy atom. The number of rotatable bonds is 7. The second-order valence-corrected chi connectivity index (χ2v) is 6.61. The largest absolute Gasteiger partial charge is 0.489 e. The van der Waals surface area contributed by atoms with Gasteiger partial charge in [-0.3, -0.25) is 4.79 Å². The molecule has 0 heterocycles. The maximum Gasteiger partial charge on any atom is 0.251 e. The molecule has 3 rings (SSSR count). The Kier molecular flexibility index (Phi) is 4.86. The van der Waals surface area contributed by atoms with Crippen molar-refractivity contribution in [3.05, 3.63) is 65.7 Å². The Morgan fingerprint density at radius 3 is 2.62 bits per heavy atom. The van der Waals surface area contributed by atoms with E-state index in [9.17, 15) is 9.90 Å². The minimum absolute atomic E-state index is 0.0480. The highest BCUT2D eigenvalue weighted by Gasteiger charge is 2.42. The van der Waals surface area contributed by atoms with Crippen molar-refractivity contribution >= 4 is 5.91 Å². The lowest BCUT2D eigenvalue weighted by atomic mass is 9.96. The van der Waals surface area contributed by atoms with Gasteiger partial charge in [0.25, 0.3) is 5.91 Å². The highest BCUT2D eigenvalue weighted by atomic mass is 16.5. The van der Waals surface area contributed by atoms with Crippen molar-refractivity contribution in [2.75, 3.05) is 6.61 Å². The smallest absolute Gasteiger partial charge is 0.251 e. The van der Waals surface area contributed by atoms with Gasteiger partial charge in [0.2, 0.25) is 0 Å². The van der Waals surface area contributed by atoms with Gasteiger partial charge in [-0.15, -0.1) is 0 Å². The van der Waals surface area contributed by atoms with Gasteiger partial charge in [-0.2, -0.15) is 0 Å². The molecule has 2 N–H and O–H groups in total. The zero-order chi connectivity index (χ0) is 17.0. The Hall–Kier alpha value is -2.33. The summed E-state index contributed by atoms with van der Waals surface area (Å²) in [4.78, 5) is 12.5. The van der Waals surface area contributed by atoms with Crippen LogP contribution < -0.4 is 10.1 Å². The molecule has 0 spiro atoms. The van der Waals surface area contributed by atoms with Gasteiger partial charge in [0.05, 0.1) is 12.1 Å². The van der Waals surface area contributed by atoms with Crippen molar-refractivity contribution < 1.29 is 14.6 Å². The molecule has 1 fully saturated rings. The monoisotopic (exact) mass is 325 g/mol. The van der Waals surface area contributed by atoms with Gasteiger partial charge in [0.1, 0.15) is 12.4 Å². The van der Waals surface area contributed by atoms with Crippen LogP contribution >= 0.6 is 0 Å². The standard InChI is InChI=1S/C20H23NO3/c1-20(14-22,17-10-11-17)21-19(23)16-8-5-9-18(12-16)24-13-15-6-3-2-4-7-15/h2-9,12,17,22H,10-11,13-14H2,1H3,(H,21,23). The van der Waals surface area contributed by atoms with E-state index in [1.54, 1.807) is 12.1 Å². The third kappa shape index (κ3) is 3.95. The van der Waals surface area contributed by atoms with Crippen LogP contribution in [0.4, 0.5) is 0 Å². The Morgan fingerprint density at radius 2 is 1.96 bits per heavy atom. The molecule has 0 aliphatic heterocycles. The summed E-state index contributed by atoms with van der Waals surface area (Å²) in [5.41, 5.74) is 1.08. The van der Waals surface area contributed by atoms with E-state index in [0.717, 1.165) is 18.4 Å². The highest BCUT2D eigenvalue weighted by molar-refractivity contribution is 5.95. The molecule has 1 saturated carbocycles. The van der Waals surface area contributed by atoms with E-state index in [1.807, 2.05) is 49.4 Å². The summed E-state index contributed by atoms with van der Waals surface area (Å²) in [5, 5.41) is 12.6. The van der Waals surface area contributed by atoms with Crippen LogP contribution in [0.5, 0.6) is 5.75 Å². The number of aliphatic hydroxyl groups excluding tert-OH is 1. The lowest BCUT2D eigenvalue weighted by molar-refractivity contribution is 0.0824. The van der Waals surface area contributed by atoms with Crippen LogP contribution in [0.1, 0.15) is 35.7 Å². The molecule has 24 heavy (non-hydrogen) atoms. The summed E-state index contributed by atoms with van der Waals surface area (Å²) in [6.07, 6.45) is 2.11. The topological polar surface area (TPSA) is 58.6 Å². The molecule has 1 aliphatic rings. The van der Waals surface area contributed by atoms with Crippen molar-refractivity contribution in [2.24, 2.45) is 5.92 Å². The maximum atomic E-state index is 12.5. The molecule has 2 aromatic carbocycles. The molecular weight excluding hydrogens is 302 g/mol. The molecule has 1 aliphatic carbocycles. The second-order valence-electron chi connectivity index (χ2n) is 6.61.